The Balaban J connectivity index is 1.66. The third kappa shape index (κ3) is 3.71. The van der Waals surface area contributed by atoms with Gasteiger partial charge in [-0.1, -0.05) is 17.7 Å². The van der Waals surface area contributed by atoms with Crippen LogP contribution in [0.5, 0.6) is 11.5 Å². The molecule has 0 aromatic heterocycles. The SMILES string of the molecule is O=C(Cc1ccc2c(c1)OCCCO2)Nc1ccc(Cl)cc1. The number of amides is 1. The van der Waals surface area contributed by atoms with Crippen LogP contribution in [0.15, 0.2) is 42.5 Å². The standard InChI is InChI=1S/C17H16ClNO3/c18-13-3-5-14(6-4-13)19-17(20)11-12-2-7-15-16(10-12)22-9-1-8-21-15/h2-7,10H,1,8-9,11H2,(H,19,20). The zero-order valence-electron chi connectivity index (χ0n) is 12.0. The number of hydrogen-bond donors (Lipinski definition) is 1. The predicted molar refractivity (Wildman–Crippen MR) is 85.8 cm³/mol. The van der Waals surface area contributed by atoms with E-state index in [0.717, 1.165) is 23.4 Å². The molecule has 0 fully saturated rings. The first-order valence-corrected chi connectivity index (χ1v) is 7.52. The lowest BCUT2D eigenvalue weighted by molar-refractivity contribution is -0.115. The molecule has 1 heterocycles. The Bertz CT molecular complexity index is 670. The number of nitrogens with one attached hydrogen (secondary N) is 1. The monoisotopic (exact) mass is 317 g/mol. The molecule has 0 saturated carbocycles. The van der Waals surface area contributed by atoms with E-state index in [1.807, 2.05) is 18.2 Å². The van der Waals surface area contributed by atoms with Crippen LogP contribution >= 0.6 is 11.6 Å². The summed E-state index contributed by atoms with van der Waals surface area (Å²) in [6.45, 7) is 1.29. The van der Waals surface area contributed by atoms with Crippen LogP contribution < -0.4 is 14.8 Å². The second-order valence-electron chi connectivity index (χ2n) is 5.06. The Labute approximate surface area is 134 Å². The van der Waals surface area contributed by atoms with Gasteiger partial charge in [-0.25, -0.2) is 0 Å². The lowest BCUT2D eigenvalue weighted by Crippen LogP contribution is -2.14. The average Bonchev–Trinajstić information content (AvgIpc) is 2.74. The van der Waals surface area contributed by atoms with Gasteiger partial charge in [0.25, 0.3) is 0 Å². The number of carbonyl (C=O) groups is 1. The van der Waals surface area contributed by atoms with Crippen molar-refractivity contribution in [3.8, 4) is 11.5 Å². The summed E-state index contributed by atoms with van der Waals surface area (Å²) < 4.78 is 11.2. The molecule has 1 aliphatic heterocycles. The fraction of sp³-hybridized carbons (Fsp3) is 0.235. The Hall–Kier alpha value is -2.20. The van der Waals surface area contributed by atoms with E-state index in [9.17, 15) is 4.79 Å². The highest BCUT2D eigenvalue weighted by molar-refractivity contribution is 6.30. The highest BCUT2D eigenvalue weighted by atomic mass is 35.5. The number of carbonyl (C=O) groups excluding carboxylic acids is 1. The summed E-state index contributed by atoms with van der Waals surface area (Å²) in [5.41, 5.74) is 1.61. The maximum atomic E-state index is 12.1. The molecule has 0 saturated heterocycles. The molecule has 0 spiro atoms. The largest absolute Gasteiger partial charge is 0.490 e. The summed E-state index contributed by atoms with van der Waals surface area (Å²) in [4.78, 5) is 12.1. The van der Waals surface area contributed by atoms with Gasteiger partial charge in [0, 0.05) is 17.1 Å². The number of halogens is 1. The number of anilines is 1. The number of fused-ring (bicyclic) bond motifs is 1. The summed E-state index contributed by atoms with van der Waals surface area (Å²) in [6, 6.07) is 12.6. The first-order valence-electron chi connectivity index (χ1n) is 7.15. The van der Waals surface area contributed by atoms with E-state index < -0.39 is 0 Å². The van der Waals surface area contributed by atoms with Crippen molar-refractivity contribution in [2.75, 3.05) is 18.5 Å². The second-order valence-corrected chi connectivity index (χ2v) is 5.50. The molecule has 3 rings (SSSR count). The minimum absolute atomic E-state index is 0.0863. The summed E-state index contributed by atoms with van der Waals surface area (Å²) in [6.07, 6.45) is 1.14. The second kappa shape index (κ2) is 6.71. The Morgan fingerprint density at radius 1 is 1.05 bits per heavy atom. The molecule has 0 radical (unpaired) electrons. The zero-order chi connectivity index (χ0) is 15.4. The summed E-state index contributed by atoms with van der Waals surface area (Å²) >= 11 is 5.82. The first-order chi connectivity index (χ1) is 10.7. The van der Waals surface area contributed by atoms with Gasteiger partial charge in [0.05, 0.1) is 19.6 Å². The topological polar surface area (TPSA) is 47.6 Å². The number of ether oxygens (including phenoxy) is 2. The van der Waals surface area contributed by atoms with Crippen LogP contribution in [0.1, 0.15) is 12.0 Å². The molecule has 2 aromatic carbocycles. The fourth-order valence-corrected chi connectivity index (χ4v) is 2.37. The normalized spacial score (nSPS) is 13.3. The van der Waals surface area contributed by atoms with Crippen LogP contribution in [0.4, 0.5) is 5.69 Å². The third-order valence-electron chi connectivity index (χ3n) is 3.30. The zero-order valence-corrected chi connectivity index (χ0v) is 12.7. The molecule has 1 amide bonds. The van der Waals surface area contributed by atoms with Crippen LogP contribution in [0.25, 0.3) is 0 Å². The quantitative estimate of drug-likeness (QED) is 0.939. The minimum atomic E-state index is -0.0863. The van der Waals surface area contributed by atoms with Gasteiger partial charge in [-0.15, -0.1) is 0 Å². The lowest BCUT2D eigenvalue weighted by atomic mass is 10.1. The number of rotatable bonds is 3. The Kier molecular flexibility index (Phi) is 4.49. The van der Waals surface area contributed by atoms with Gasteiger partial charge in [-0.3, -0.25) is 4.79 Å². The van der Waals surface area contributed by atoms with Gasteiger partial charge in [0.2, 0.25) is 5.91 Å². The molecule has 0 bridgehead atoms. The van der Waals surface area contributed by atoms with Gasteiger partial charge in [0.15, 0.2) is 11.5 Å². The first kappa shape index (κ1) is 14.7. The molecule has 0 aliphatic carbocycles. The van der Waals surface area contributed by atoms with Crippen molar-refractivity contribution in [3.63, 3.8) is 0 Å². The third-order valence-corrected chi connectivity index (χ3v) is 3.56. The molecule has 5 heteroatoms. The number of hydrogen-bond acceptors (Lipinski definition) is 3. The summed E-state index contributed by atoms with van der Waals surface area (Å²) in [7, 11) is 0. The van der Waals surface area contributed by atoms with Crippen LogP contribution in [0.3, 0.4) is 0 Å². The summed E-state index contributed by atoms with van der Waals surface area (Å²) in [5.74, 6) is 1.35. The highest BCUT2D eigenvalue weighted by Gasteiger charge is 2.12. The Morgan fingerprint density at radius 3 is 2.55 bits per heavy atom. The van der Waals surface area contributed by atoms with Gasteiger partial charge in [-0.05, 0) is 42.0 Å². The van der Waals surface area contributed by atoms with Crippen molar-refractivity contribution in [2.45, 2.75) is 12.8 Å². The van der Waals surface area contributed by atoms with Gasteiger partial charge in [-0.2, -0.15) is 0 Å². The molecular formula is C17H16ClNO3. The molecule has 1 aliphatic rings. The van der Waals surface area contributed by atoms with Crippen molar-refractivity contribution >= 4 is 23.2 Å². The maximum absolute atomic E-state index is 12.1. The van der Waals surface area contributed by atoms with Crippen molar-refractivity contribution in [2.24, 2.45) is 0 Å². The van der Waals surface area contributed by atoms with Gasteiger partial charge in [0.1, 0.15) is 0 Å². The van der Waals surface area contributed by atoms with E-state index in [1.165, 1.54) is 0 Å². The molecule has 4 nitrogen and oxygen atoms in total. The molecule has 0 atom stereocenters. The molecular weight excluding hydrogens is 302 g/mol. The van der Waals surface area contributed by atoms with E-state index in [4.69, 9.17) is 21.1 Å². The number of benzene rings is 2. The smallest absolute Gasteiger partial charge is 0.228 e. The van der Waals surface area contributed by atoms with Crippen LogP contribution in [-0.2, 0) is 11.2 Å². The lowest BCUT2D eigenvalue weighted by Gasteiger charge is -2.10. The molecule has 0 unspecified atom stereocenters. The Morgan fingerprint density at radius 2 is 1.77 bits per heavy atom. The van der Waals surface area contributed by atoms with E-state index in [-0.39, 0.29) is 12.3 Å². The predicted octanol–water partition coefficient (Wildman–Crippen LogP) is 3.68. The maximum Gasteiger partial charge on any atom is 0.228 e. The van der Waals surface area contributed by atoms with Crippen molar-refractivity contribution in [1.29, 1.82) is 0 Å². The molecule has 22 heavy (non-hydrogen) atoms. The average molecular weight is 318 g/mol. The summed E-state index contributed by atoms with van der Waals surface area (Å²) in [5, 5.41) is 3.48. The van der Waals surface area contributed by atoms with E-state index in [0.29, 0.717) is 24.0 Å². The molecule has 114 valence electrons. The van der Waals surface area contributed by atoms with Crippen LogP contribution in [0.2, 0.25) is 5.02 Å². The molecule has 2 aromatic rings. The highest BCUT2D eigenvalue weighted by Crippen LogP contribution is 2.30. The molecule has 1 N–H and O–H groups in total. The van der Waals surface area contributed by atoms with Crippen LogP contribution in [0, 0.1) is 0 Å². The van der Waals surface area contributed by atoms with Crippen molar-refractivity contribution in [3.05, 3.63) is 53.1 Å². The fourth-order valence-electron chi connectivity index (χ4n) is 2.24. The van der Waals surface area contributed by atoms with E-state index in [2.05, 4.69) is 5.32 Å². The van der Waals surface area contributed by atoms with E-state index >= 15 is 0 Å². The van der Waals surface area contributed by atoms with Crippen LogP contribution in [-0.4, -0.2) is 19.1 Å². The van der Waals surface area contributed by atoms with E-state index in [1.54, 1.807) is 24.3 Å². The minimum Gasteiger partial charge on any atom is -0.490 e. The van der Waals surface area contributed by atoms with Gasteiger partial charge >= 0.3 is 0 Å². The van der Waals surface area contributed by atoms with Crippen molar-refractivity contribution in [1.82, 2.24) is 0 Å². The van der Waals surface area contributed by atoms with Crippen molar-refractivity contribution < 1.29 is 14.3 Å². The van der Waals surface area contributed by atoms with Gasteiger partial charge < -0.3 is 14.8 Å².